The number of hydrogen-bond donors (Lipinski definition) is 1. The van der Waals surface area contributed by atoms with Gasteiger partial charge in [0.25, 0.3) is 0 Å². The zero-order valence-corrected chi connectivity index (χ0v) is 16.2. The maximum absolute atomic E-state index is 13.5. The molecular weight excluding hydrogens is 340 g/mol. The summed E-state index contributed by atoms with van der Waals surface area (Å²) in [5.41, 5.74) is 6.51. The molecular formula is C22H24N2OS. The Morgan fingerprint density at radius 1 is 1.15 bits per heavy atom. The standard InChI is InChI=1S/C22H24N2OS/c1-21(2)11-16-18(17(25)12-21)22(19-20(24-16)23-13-26-19)10-6-5-8-14-7-3-4-9-15(14)22/h3-4,7,9,13,24H,5-6,8,10-12H2,1-2H3/t22-/m1/s1. The molecule has 1 aromatic carbocycles. The highest BCUT2D eigenvalue weighted by Gasteiger charge is 2.52. The molecule has 0 saturated heterocycles. The molecule has 2 aromatic rings. The minimum atomic E-state index is -0.308. The first-order valence-corrected chi connectivity index (χ1v) is 10.5. The summed E-state index contributed by atoms with van der Waals surface area (Å²) in [6.07, 6.45) is 5.97. The fourth-order valence-electron chi connectivity index (χ4n) is 5.31. The number of hydrogen-bond acceptors (Lipinski definition) is 4. The number of nitrogens with one attached hydrogen (secondary N) is 1. The Labute approximate surface area is 158 Å². The first-order chi connectivity index (χ1) is 12.5. The van der Waals surface area contributed by atoms with Crippen LogP contribution < -0.4 is 5.32 Å². The van der Waals surface area contributed by atoms with Gasteiger partial charge in [0.2, 0.25) is 0 Å². The molecule has 26 heavy (non-hydrogen) atoms. The number of allylic oxidation sites excluding steroid dienone is 2. The third kappa shape index (κ3) is 2.18. The fraction of sp³-hybridized carbons (Fsp3) is 0.455. The number of benzene rings is 1. The van der Waals surface area contributed by atoms with Crippen LogP contribution in [0.25, 0.3) is 0 Å². The minimum absolute atomic E-state index is 0.00186. The van der Waals surface area contributed by atoms with E-state index in [-0.39, 0.29) is 10.8 Å². The molecule has 134 valence electrons. The number of aryl methyl sites for hydroxylation is 1. The van der Waals surface area contributed by atoms with Crippen LogP contribution in [-0.4, -0.2) is 10.8 Å². The number of carbonyl (C=O) groups excluding carboxylic acids is 1. The smallest absolute Gasteiger partial charge is 0.162 e. The number of Topliss-reactive ketones (excluding diaryl/α,β-unsaturated/α-hetero) is 1. The Hall–Kier alpha value is -1.94. The average molecular weight is 365 g/mol. The van der Waals surface area contributed by atoms with Crippen molar-refractivity contribution in [3.8, 4) is 0 Å². The Kier molecular flexibility index (Phi) is 3.45. The van der Waals surface area contributed by atoms with Gasteiger partial charge in [0.05, 0.1) is 15.8 Å². The van der Waals surface area contributed by atoms with Crippen molar-refractivity contribution in [3.63, 3.8) is 0 Å². The summed E-state index contributed by atoms with van der Waals surface area (Å²) in [5, 5.41) is 3.55. The van der Waals surface area contributed by atoms with Crippen molar-refractivity contribution in [3.05, 3.63) is 57.1 Å². The van der Waals surface area contributed by atoms with Gasteiger partial charge in [-0.25, -0.2) is 4.98 Å². The largest absolute Gasteiger partial charge is 0.342 e. The van der Waals surface area contributed by atoms with E-state index >= 15 is 0 Å². The van der Waals surface area contributed by atoms with Crippen LogP contribution in [0.2, 0.25) is 0 Å². The summed E-state index contributed by atoms with van der Waals surface area (Å²) in [6, 6.07) is 8.77. The van der Waals surface area contributed by atoms with E-state index in [1.807, 2.05) is 5.51 Å². The normalized spacial score (nSPS) is 26.6. The third-order valence-corrected chi connectivity index (χ3v) is 7.24. The maximum Gasteiger partial charge on any atom is 0.162 e. The van der Waals surface area contributed by atoms with Crippen molar-refractivity contribution >= 4 is 22.9 Å². The summed E-state index contributed by atoms with van der Waals surface area (Å²) in [5.74, 6) is 1.29. The number of fused-ring (bicyclic) bond motifs is 5. The minimum Gasteiger partial charge on any atom is -0.342 e. The summed E-state index contributed by atoms with van der Waals surface area (Å²) < 4.78 is 0. The van der Waals surface area contributed by atoms with Gasteiger partial charge in [0, 0.05) is 17.7 Å². The Morgan fingerprint density at radius 3 is 2.88 bits per heavy atom. The molecule has 2 heterocycles. The van der Waals surface area contributed by atoms with Crippen LogP contribution in [-0.2, 0) is 16.6 Å². The molecule has 1 N–H and O–H groups in total. The highest BCUT2D eigenvalue weighted by molar-refractivity contribution is 7.10. The molecule has 1 spiro atoms. The number of rotatable bonds is 0. The first kappa shape index (κ1) is 16.2. The van der Waals surface area contributed by atoms with Gasteiger partial charge >= 0.3 is 0 Å². The Morgan fingerprint density at radius 2 is 2.00 bits per heavy atom. The number of nitrogens with zero attached hydrogens (tertiary/aromatic N) is 1. The van der Waals surface area contributed by atoms with Gasteiger partial charge in [-0.1, -0.05) is 44.5 Å². The van der Waals surface area contributed by atoms with Crippen LogP contribution in [0.5, 0.6) is 0 Å². The molecule has 1 aromatic heterocycles. The quantitative estimate of drug-likeness (QED) is 0.696. The summed E-state index contributed by atoms with van der Waals surface area (Å²) in [7, 11) is 0. The molecule has 0 fully saturated rings. The number of carbonyl (C=O) groups is 1. The number of thiazole rings is 1. The summed E-state index contributed by atoms with van der Waals surface area (Å²) in [6.45, 7) is 4.39. The van der Waals surface area contributed by atoms with Crippen LogP contribution in [0, 0.1) is 5.41 Å². The van der Waals surface area contributed by atoms with Gasteiger partial charge in [-0.2, -0.15) is 0 Å². The lowest BCUT2D eigenvalue weighted by Gasteiger charge is -2.45. The number of aromatic nitrogens is 1. The molecule has 0 radical (unpaired) electrons. The van der Waals surface area contributed by atoms with Gasteiger partial charge in [-0.05, 0) is 42.2 Å². The molecule has 3 aliphatic rings. The summed E-state index contributed by atoms with van der Waals surface area (Å²) >= 11 is 1.70. The van der Waals surface area contributed by atoms with E-state index in [0.717, 1.165) is 42.8 Å². The van der Waals surface area contributed by atoms with Crippen LogP contribution in [0.15, 0.2) is 41.0 Å². The van der Waals surface area contributed by atoms with E-state index in [4.69, 9.17) is 0 Å². The average Bonchev–Trinajstić information content (AvgIpc) is 2.98. The Bertz CT molecular complexity index is 939. The Balaban J connectivity index is 1.85. The van der Waals surface area contributed by atoms with Crippen LogP contribution in [0.4, 0.5) is 5.82 Å². The molecule has 0 amide bonds. The monoisotopic (exact) mass is 364 g/mol. The van der Waals surface area contributed by atoms with E-state index in [0.29, 0.717) is 12.2 Å². The topological polar surface area (TPSA) is 42.0 Å². The lowest BCUT2D eigenvalue weighted by atomic mass is 9.61. The molecule has 1 aliphatic heterocycles. The van der Waals surface area contributed by atoms with Crippen LogP contribution in [0.3, 0.4) is 0 Å². The maximum atomic E-state index is 13.5. The fourth-order valence-corrected chi connectivity index (χ4v) is 6.30. The van der Waals surface area contributed by atoms with E-state index < -0.39 is 0 Å². The van der Waals surface area contributed by atoms with Crippen molar-refractivity contribution < 1.29 is 4.79 Å². The van der Waals surface area contributed by atoms with Gasteiger partial charge in [0.1, 0.15) is 5.82 Å². The molecule has 2 aliphatic carbocycles. The predicted molar refractivity (Wildman–Crippen MR) is 106 cm³/mol. The summed E-state index contributed by atoms with van der Waals surface area (Å²) in [4.78, 5) is 19.3. The highest BCUT2D eigenvalue weighted by Crippen LogP contribution is 2.57. The molecule has 1 atom stereocenters. The van der Waals surface area contributed by atoms with Crippen LogP contribution in [0.1, 0.15) is 62.0 Å². The zero-order chi connectivity index (χ0) is 17.9. The molecule has 0 saturated carbocycles. The lowest BCUT2D eigenvalue weighted by molar-refractivity contribution is -0.118. The van der Waals surface area contributed by atoms with Crippen molar-refractivity contribution in [1.29, 1.82) is 0 Å². The number of anilines is 1. The van der Waals surface area contributed by atoms with E-state index in [9.17, 15) is 4.79 Å². The second kappa shape index (κ2) is 5.53. The van der Waals surface area contributed by atoms with Gasteiger partial charge in [-0.3, -0.25) is 4.79 Å². The first-order valence-electron chi connectivity index (χ1n) is 9.57. The van der Waals surface area contributed by atoms with E-state index in [1.54, 1.807) is 11.3 Å². The van der Waals surface area contributed by atoms with Gasteiger partial charge in [0.15, 0.2) is 5.78 Å². The van der Waals surface area contributed by atoms with Crippen molar-refractivity contribution in [2.24, 2.45) is 5.41 Å². The van der Waals surface area contributed by atoms with Gasteiger partial charge < -0.3 is 5.32 Å². The van der Waals surface area contributed by atoms with E-state index in [2.05, 4.69) is 48.4 Å². The van der Waals surface area contributed by atoms with Crippen LogP contribution >= 0.6 is 11.3 Å². The highest BCUT2D eigenvalue weighted by atomic mass is 32.1. The van der Waals surface area contributed by atoms with Gasteiger partial charge in [-0.15, -0.1) is 11.3 Å². The molecule has 0 unspecified atom stereocenters. The second-order valence-corrected chi connectivity index (χ2v) is 9.57. The zero-order valence-electron chi connectivity index (χ0n) is 15.4. The van der Waals surface area contributed by atoms with Crippen molar-refractivity contribution in [2.75, 3.05) is 5.32 Å². The predicted octanol–water partition coefficient (Wildman–Crippen LogP) is 5.22. The van der Waals surface area contributed by atoms with Crippen molar-refractivity contribution in [1.82, 2.24) is 4.98 Å². The molecule has 4 heteroatoms. The SMILES string of the molecule is CC1(C)CC(=O)C2=C(C1)Nc1ncsc1[C@@]21CCCCc2ccccc21. The third-order valence-electron chi connectivity index (χ3n) is 6.25. The second-order valence-electron chi connectivity index (χ2n) is 8.72. The van der Waals surface area contributed by atoms with Crippen molar-refractivity contribution in [2.45, 2.75) is 57.8 Å². The lowest BCUT2D eigenvalue weighted by Crippen LogP contribution is -2.43. The van der Waals surface area contributed by atoms with E-state index in [1.165, 1.54) is 22.4 Å². The molecule has 5 rings (SSSR count). The molecule has 0 bridgehead atoms. The molecule has 3 nitrogen and oxygen atoms in total. The number of ketones is 1.